The Kier molecular flexibility index (Phi) is 4.43. The molecule has 104 valence electrons. The minimum atomic E-state index is -0.00377. The Bertz CT molecular complexity index is 459. The Hall–Kier alpha value is -1.55. The zero-order valence-corrected chi connectivity index (χ0v) is 11.6. The summed E-state index contributed by atoms with van der Waals surface area (Å²) < 4.78 is 5.58. The van der Waals surface area contributed by atoms with Crippen LogP contribution in [0.25, 0.3) is 0 Å². The van der Waals surface area contributed by atoms with Crippen LogP contribution in [0.1, 0.15) is 17.5 Å². The van der Waals surface area contributed by atoms with E-state index in [2.05, 4.69) is 0 Å². The van der Waals surface area contributed by atoms with Crippen LogP contribution in [0.2, 0.25) is 0 Å². The first-order valence-electron chi connectivity index (χ1n) is 6.69. The predicted octanol–water partition coefficient (Wildman–Crippen LogP) is 1.52. The normalized spacial score (nSPS) is 18.7. The number of nitrogens with zero attached hydrogens (tertiary/aromatic N) is 1. The van der Waals surface area contributed by atoms with Crippen molar-refractivity contribution in [3.05, 3.63) is 29.3 Å². The zero-order chi connectivity index (χ0) is 13.8. The molecule has 1 aromatic carbocycles. The zero-order valence-electron chi connectivity index (χ0n) is 11.6. The molecular formula is C15H21NO3. The lowest BCUT2D eigenvalue weighted by atomic mass is 10.1. The maximum absolute atomic E-state index is 12.0. The highest BCUT2D eigenvalue weighted by molar-refractivity contribution is 5.78. The van der Waals surface area contributed by atoms with Gasteiger partial charge >= 0.3 is 0 Å². The molecule has 19 heavy (non-hydrogen) atoms. The summed E-state index contributed by atoms with van der Waals surface area (Å²) in [4.78, 5) is 13.7. The third-order valence-corrected chi connectivity index (χ3v) is 3.58. The first kappa shape index (κ1) is 13.9. The highest BCUT2D eigenvalue weighted by Gasteiger charge is 2.25. The van der Waals surface area contributed by atoms with Gasteiger partial charge in [0.2, 0.25) is 0 Å². The molecule has 0 radical (unpaired) electrons. The highest BCUT2D eigenvalue weighted by Crippen LogP contribution is 2.20. The number of aliphatic hydroxyl groups excluding tert-OH is 1. The average Bonchev–Trinajstić information content (AvgIpc) is 2.86. The van der Waals surface area contributed by atoms with Crippen molar-refractivity contribution in [3.63, 3.8) is 0 Å². The number of ether oxygens (including phenoxy) is 1. The van der Waals surface area contributed by atoms with E-state index in [1.807, 2.05) is 32.0 Å². The van der Waals surface area contributed by atoms with Gasteiger partial charge in [0.1, 0.15) is 5.75 Å². The number of hydrogen-bond donors (Lipinski definition) is 1. The van der Waals surface area contributed by atoms with E-state index < -0.39 is 0 Å². The number of likely N-dealkylation sites (tertiary alicyclic amines) is 1. The second-order valence-electron chi connectivity index (χ2n) is 5.23. The third-order valence-electron chi connectivity index (χ3n) is 3.58. The number of aryl methyl sites for hydroxylation is 2. The summed E-state index contributed by atoms with van der Waals surface area (Å²) in [6.07, 6.45) is 0.881. The highest BCUT2D eigenvalue weighted by atomic mass is 16.5. The minimum absolute atomic E-state index is 0.00377. The fourth-order valence-corrected chi connectivity index (χ4v) is 2.40. The molecule has 1 aliphatic rings. The SMILES string of the molecule is Cc1ccc(OCC(=O)N2CCC(CO)C2)c(C)c1. The van der Waals surface area contributed by atoms with Crippen molar-refractivity contribution in [3.8, 4) is 5.75 Å². The smallest absolute Gasteiger partial charge is 0.260 e. The number of hydrogen-bond acceptors (Lipinski definition) is 3. The van der Waals surface area contributed by atoms with Gasteiger partial charge in [-0.25, -0.2) is 0 Å². The number of carbonyl (C=O) groups excluding carboxylic acids is 1. The summed E-state index contributed by atoms with van der Waals surface area (Å²) in [6, 6.07) is 5.92. The van der Waals surface area contributed by atoms with E-state index in [1.165, 1.54) is 5.56 Å². The maximum Gasteiger partial charge on any atom is 0.260 e. The molecule has 1 unspecified atom stereocenters. The Morgan fingerprint density at radius 1 is 1.47 bits per heavy atom. The summed E-state index contributed by atoms with van der Waals surface area (Å²) in [5, 5.41) is 9.07. The monoisotopic (exact) mass is 263 g/mol. The summed E-state index contributed by atoms with van der Waals surface area (Å²) in [5.41, 5.74) is 2.23. The average molecular weight is 263 g/mol. The van der Waals surface area contributed by atoms with Crippen LogP contribution in [0.15, 0.2) is 18.2 Å². The van der Waals surface area contributed by atoms with Crippen LogP contribution < -0.4 is 4.74 Å². The molecule has 4 nitrogen and oxygen atoms in total. The molecular weight excluding hydrogens is 242 g/mol. The predicted molar refractivity (Wildman–Crippen MR) is 73.2 cm³/mol. The lowest BCUT2D eigenvalue weighted by Gasteiger charge is -2.17. The molecule has 1 atom stereocenters. The topological polar surface area (TPSA) is 49.8 Å². The molecule has 0 bridgehead atoms. The summed E-state index contributed by atoms with van der Waals surface area (Å²) >= 11 is 0. The van der Waals surface area contributed by atoms with Crippen LogP contribution in [0.4, 0.5) is 0 Å². The van der Waals surface area contributed by atoms with Crippen molar-refractivity contribution >= 4 is 5.91 Å². The van der Waals surface area contributed by atoms with Crippen LogP contribution in [0, 0.1) is 19.8 Å². The van der Waals surface area contributed by atoms with E-state index in [4.69, 9.17) is 9.84 Å². The number of rotatable bonds is 4. The van der Waals surface area contributed by atoms with Gasteiger partial charge in [-0.15, -0.1) is 0 Å². The van der Waals surface area contributed by atoms with E-state index in [9.17, 15) is 4.79 Å². The molecule has 1 heterocycles. The fraction of sp³-hybridized carbons (Fsp3) is 0.533. The molecule has 0 spiro atoms. The molecule has 2 rings (SSSR count). The molecule has 1 aliphatic heterocycles. The molecule has 0 aliphatic carbocycles. The molecule has 1 aromatic rings. The van der Waals surface area contributed by atoms with Crippen molar-refractivity contribution in [2.75, 3.05) is 26.3 Å². The lowest BCUT2D eigenvalue weighted by Crippen LogP contribution is -2.33. The van der Waals surface area contributed by atoms with Gasteiger partial charge in [-0.2, -0.15) is 0 Å². The van der Waals surface area contributed by atoms with Gasteiger partial charge in [0.15, 0.2) is 6.61 Å². The first-order valence-corrected chi connectivity index (χ1v) is 6.69. The van der Waals surface area contributed by atoms with Gasteiger partial charge in [-0.05, 0) is 31.9 Å². The molecule has 0 saturated carbocycles. The summed E-state index contributed by atoms with van der Waals surface area (Å²) in [5.74, 6) is 0.984. The van der Waals surface area contributed by atoms with Gasteiger partial charge in [-0.1, -0.05) is 17.7 Å². The quantitative estimate of drug-likeness (QED) is 0.896. The van der Waals surface area contributed by atoms with Gasteiger partial charge in [-0.3, -0.25) is 4.79 Å². The van der Waals surface area contributed by atoms with Gasteiger partial charge in [0.05, 0.1) is 0 Å². The number of amides is 1. The molecule has 4 heteroatoms. The van der Waals surface area contributed by atoms with Crippen LogP contribution in [-0.4, -0.2) is 42.2 Å². The van der Waals surface area contributed by atoms with Crippen molar-refractivity contribution in [2.45, 2.75) is 20.3 Å². The Labute approximate surface area is 114 Å². The Balaban J connectivity index is 1.87. The summed E-state index contributed by atoms with van der Waals surface area (Å²) in [6.45, 7) is 5.60. The number of benzene rings is 1. The molecule has 1 N–H and O–H groups in total. The number of aliphatic hydroxyl groups is 1. The van der Waals surface area contributed by atoms with Gasteiger partial charge in [0, 0.05) is 25.6 Å². The van der Waals surface area contributed by atoms with E-state index in [-0.39, 0.29) is 25.0 Å². The first-order chi connectivity index (χ1) is 9.10. The third kappa shape index (κ3) is 3.47. The Morgan fingerprint density at radius 2 is 2.26 bits per heavy atom. The lowest BCUT2D eigenvalue weighted by molar-refractivity contribution is -0.132. The fourth-order valence-electron chi connectivity index (χ4n) is 2.40. The van der Waals surface area contributed by atoms with E-state index in [1.54, 1.807) is 4.90 Å². The van der Waals surface area contributed by atoms with E-state index in [0.717, 1.165) is 24.3 Å². The van der Waals surface area contributed by atoms with Crippen molar-refractivity contribution in [1.82, 2.24) is 4.90 Å². The second kappa shape index (κ2) is 6.06. The Morgan fingerprint density at radius 3 is 2.89 bits per heavy atom. The summed E-state index contributed by atoms with van der Waals surface area (Å²) in [7, 11) is 0. The van der Waals surface area contributed by atoms with E-state index >= 15 is 0 Å². The van der Waals surface area contributed by atoms with Crippen LogP contribution in [-0.2, 0) is 4.79 Å². The number of carbonyl (C=O) groups is 1. The molecule has 1 amide bonds. The molecule has 1 saturated heterocycles. The van der Waals surface area contributed by atoms with Gasteiger partial charge in [0.25, 0.3) is 5.91 Å². The maximum atomic E-state index is 12.0. The second-order valence-corrected chi connectivity index (χ2v) is 5.23. The van der Waals surface area contributed by atoms with Gasteiger partial charge < -0.3 is 14.7 Å². The van der Waals surface area contributed by atoms with Crippen molar-refractivity contribution in [1.29, 1.82) is 0 Å². The minimum Gasteiger partial charge on any atom is -0.484 e. The largest absolute Gasteiger partial charge is 0.484 e. The van der Waals surface area contributed by atoms with E-state index in [0.29, 0.717) is 6.54 Å². The van der Waals surface area contributed by atoms with Crippen molar-refractivity contribution < 1.29 is 14.6 Å². The van der Waals surface area contributed by atoms with Crippen LogP contribution >= 0.6 is 0 Å². The standard InChI is InChI=1S/C15H21NO3/c1-11-3-4-14(12(2)7-11)19-10-15(18)16-6-5-13(8-16)9-17/h3-4,7,13,17H,5-6,8-10H2,1-2H3. The molecule has 0 aromatic heterocycles. The van der Waals surface area contributed by atoms with Crippen molar-refractivity contribution in [2.24, 2.45) is 5.92 Å². The van der Waals surface area contributed by atoms with Crippen LogP contribution in [0.3, 0.4) is 0 Å². The molecule has 1 fully saturated rings. The van der Waals surface area contributed by atoms with Crippen LogP contribution in [0.5, 0.6) is 5.75 Å².